The van der Waals surface area contributed by atoms with Crippen LogP contribution in [-0.4, -0.2) is 28.3 Å². The Hall–Kier alpha value is -2.10. The summed E-state index contributed by atoms with van der Waals surface area (Å²) in [5.74, 6) is -3.05. The van der Waals surface area contributed by atoms with E-state index in [1.54, 1.807) is 17.0 Å². The topological polar surface area (TPSA) is 71.3 Å². The maximum absolute atomic E-state index is 14.0. The molecule has 8 rings (SSSR count). The smallest absolute Gasteiger partial charge is 0.322 e. The summed E-state index contributed by atoms with van der Waals surface area (Å²) in [5, 5.41) is 7.19. The molecule has 6 saturated carbocycles. The third kappa shape index (κ3) is 3.86. The van der Waals surface area contributed by atoms with Crippen molar-refractivity contribution in [1.29, 1.82) is 0 Å². The first-order valence-corrected chi connectivity index (χ1v) is 13.1. The molecule has 0 radical (unpaired) electrons. The fourth-order valence-electron chi connectivity index (χ4n) is 6.65. The Kier molecular flexibility index (Phi) is 5.13. The normalized spacial score (nSPS) is 33.1. The molecule has 6 aliphatic carbocycles. The van der Waals surface area contributed by atoms with Crippen molar-refractivity contribution in [2.24, 2.45) is 11.3 Å². The zero-order valence-electron chi connectivity index (χ0n) is 19.6. The highest BCUT2D eigenvalue weighted by Gasteiger charge is 2.58. The zero-order chi connectivity index (χ0) is 24.6. The van der Waals surface area contributed by atoms with Crippen LogP contribution in [0.3, 0.4) is 0 Å². The average Bonchev–Trinajstić information content (AvgIpc) is 3.29. The molecule has 6 nitrogen and oxygen atoms in total. The quantitative estimate of drug-likeness (QED) is 0.447. The molecule has 6 aliphatic rings. The van der Waals surface area contributed by atoms with E-state index in [-0.39, 0.29) is 28.2 Å². The van der Waals surface area contributed by atoms with Gasteiger partial charge in [0.2, 0.25) is 0 Å². The lowest BCUT2D eigenvalue weighted by Gasteiger charge is -2.62. The highest BCUT2D eigenvalue weighted by molar-refractivity contribution is 9.10. The van der Waals surface area contributed by atoms with Crippen LogP contribution in [0.25, 0.3) is 0 Å². The van der Waals surface area contributed by atoms with E-state index in [1.165, 1.54) is 6.07 Å². The number of hydrogen-bond donors (Lipinski definition) is 1. The lowest BCUT2D eigenvalue weighted by molar-refractivity contribution is -0.0400. The molecule has 0 atom stereocenters. The van der Waals surface area contributed by atoms with E-state index >= 15 is 0 Å². The van der Waals surface area contributed by atoms with Crippen molar-refractivity contribution in [3.8, 4) is 0 Å². The van der Waals surface area contributed by atoms with Gasteiger partial charge in [0.05, 0.1) is 4.47 Å². The summed E-state index contributed by atoms with van der Waals surface area (Å²) in [5.41, 5.74) is 0.140. The first kappa shape index (κ1) is 23.3. The van der Waals surface area contributed by atoms with Crippen molar-refractivity contribution in [3.05, 3.63) is 40.2 Å². The maximum Gasteiger partial charge on any atom is 0.322 e. The zero-order valence-corrected chi connectivity index (χ0v) is 21.1. The predicted molar refractivity (Wildman–Crippen MR) is 126 cm³/mol. The predicted octanol–water partition coefficient (Wildman–Crippen LogP) is 6.44. The Balaban J connectivity index is 1.22. The number of urea groups is 1. The van der Waals surface area contributed by atoms with Crippen LogP contribution in [0.15, 0.2) is 27.2 Å². The highest BCUT2D eigenvalue weighted by Crippen LogP contribution is 2.59. The number of nitrogens with one attached hydrogen (secondary N) is 1. The van der Waals surface area contributed by atoms with Crippen molar-refractivity contribution in [3.63, 3.8) is 0 Å². The first-order valence-electron chi connectivity index (χ1n) is 12.3. The second kappa shape index (κ2) is 7.70. The van der Waals surface area contributed by atoms with Crippen molar-refractivity contribution < 1.29 is 22.5 Å². The Labute approximate surface area is 210 Å². The van der Waals surface area contributed by atoms with Crippen molar-refractivity contribution in [1.82, 2.24) is 15.5 Å². The van der Waals surface area contributed by atoms with Gasteiger partial charge < -0.3 is 9.84 Å². The number of hydrogen-bond acceptors (Lipinski definition) is 4. The molecule has 35 heavy (non-hydrogen) atoms. The van der Waals surface area contributed by atoms with E-state index in [0.29, 0.717) is 22.5 Å². The second-order valence-electron chi connectivity index (χ2n) is 11.5. The van der Waals surface area contributed by atoms with Crippen LogP contribution in [0, 0.1) is 17.2 Å². The lowest BCUT2D eigenvalue weighted by Crippen LogP contribution is -2.70. The van der Waals surface area contributed by atoms with Crippen LogP contribution in [0.4, 0.5) is 23.7 Å². The molecule has 0 aliphatic heterocycles. The molecule has 1 aromatic heterocycles. The van der Waals surface area contributed by atoms with Gasteiger partial charge in [-0.1, -0.05) is 5.16 Å². The Morgan fingerprint density at radius 1 is 1.20 bits per heavy atom. The number of halogens is 4. The van der Waals surface area contributed by atoms with Gasteiger partial charge in [-0.05, 0) is 103 Å². The average molecular weight is 553 g/mol. The molecular weight excluding hydrogens is 525 g/mol. The molecule has 1 aromatic carbocycles. The molecule has 2 aromatic rings. The minimum Gasteiger partial charge on any atom is -0.333 e. The number of benzene rings is 1. The third-order valence-electron chi connectivity index (χ3n) is 9.04. The van der Waals surface area contributed by atoms with Crippen LogP contribution in [0.5, 0.6) is 0 Å². The summed E-state index contributed by atoms with van der Waals surface area (Å²) in [7, 11) is 0. The summed E-state index contributed by atoms with van der Waals surface area (Å²) in [6.07, 6.45) is 7.89. The van der Waals surface area contributed by atoms with E-state index in [1.807, 2.05) is 0 Å². The van der Waals surface area contributed by atoms with E-state index in [4.69, 9.17) is 4.52 Å². The van der Waals surface area contributed by atoms with E-state index in [0.717, 1.165) is 70.6 Å². The van der Waals surface area contributed by atoms with Crippen molar-refractivity contribution in [2.75, 3.05) is 11.4 Å². The number of rotatable bonds is 6. The number of carbonyl (C=O) groups is 1. The van der Waals surface area contributed by atoms with Crippen LogP contribution in [0.1, 0.15) is 76.4 Å². The molecule has 1 heterocycles. The number of fused-ring (bicyclic) bond motifs is 3. The minimum atomic E-state index is -3.16. The van der Waals surface area contributed by atoms with Gasteiger partial charge in [0.1, 0.15) is 5.82 Å². The largest absolute Gasteiger partial charge is 0.333 e. The number of nitrogens with zero attached hydrogens (tertiary/aromatic N) is 3. The molecule has 1 N–H and O–H groups in total. The van der Waals surface area contributed by atoms with Crippen LogP contribution in [-0.2, 0) is 11.3 Å². The molecule has 6 fully saturated rings. The highest BCUT2D eigenvalue weighted by atomic mass is 79.9. The fourth-order valence-corrected chi connectivity index (χ4v) is 7.01. The first-order chi connectivity index (χ1) is 16.5. The number of anilines is 1. The summed E-state index contributed by atoms with van der Waals surface area (Å²) in [4.78, 5) is 19.3. The maximum atomic E-state index is 14.0. The van der Waals surface area contributed by atoms with Gasteiger partial charge in [0.25, 0.3) is 5.89 Å². The summed E-state index contributed by atoms with van der Waals surface area (Å²) < 4.78 is 46.5. The van der Waals surface area contributed by atoms with Gasteiger partial charge in [0, 0.05) is 30.1 Å². The van der Waals surface area contributed by atoms with Crippen molar-refractivity contribution in [2.45, 2.75) is 81.6 Å². The Morgan fingerprint density at radius 2 is 1.86 bits per heavy atom. The van der Waals surface area contributed by atoms with Crippen LogP contribution >= 0.6 is 15.9 Å². The molecule has 0 unspecified atom stereocenters. The van der Waals surface area contributed by atoms with Crippen LogP contribution < -0.4 is 10.2 Å². The summed E-state index contributed by atoms with van der Waals surface area (Å²) >= 11 is 3.26. The fraction of sp³-hybridized carbons (Fsp3) is 0.640. The van der Waals surface area contributed by atoms with Gasteiger partial charge in [-0.3, -0.25) is 4.90 Å². The second-order valence-corrected chi connectivity index (χ2v) is 12.3. The minimum absolute atomic E-state index is 0.0686. The van der Waals surface area contributed by atoms with Gasteiger partial charge in [-0.15, -0.1) is 0 Å². The molecule has 0 spiro atoms. The molecule has 4 bridgehead atoms. The van der Waals surface area contributed by atoms with Gasteiger partial charge in [-0.25, -0.2) is 9.18 Å². The summed E-state index contributed by atoms with van der Waals surface area (Å²) in [6.45, 7) is 1.28. The number of amides is 2. The lowest BCUT2D eigenvalue weighted by atomic mass is 9.50. The molecular formula is C25H28BrF3N4O2. The van der Waals surface area contributed by atoms with Gasteiger partial charge >= 0.3 is 12.0 Å². The SMILES string of the molecule is CC(F)(F)c1nc(C23CCC(CN(C(=O)NC45CC(C4)C5)c4ccc(F)c(Br)c4)(CC2)CC3)no1. The number of alkyl halides is 2. The van der Waals surface area contributed by atoms with E-state index in [2.05, 4.69) is 31.4 Å². The Morgan fingerprint density at radius 3 is 2.37 bits per heavy atom. The van der Waals surface area contributed by atoms with Crippen molar-refractivity contribution >= 4 is 27.6 Å². The third-order valence-corrected chi connectivity index (χ3v) is 9.65. The van der Waals surface area contributed by atoms with E-state index in [9.17, 15) is 18.0 Å². The molecule has 2 amide bonds. The molecule has 0 saturated heterocycles. The van der Waals surface area contributed by atoms with Gasteiger partial charge in [0.15, 0.2) is 5.82 Å². The summed E-state index contributed by atoms with van der Waals surface area (Å²) in [6, 6.07) is 4.56. The Bertz CT molecular complexity index is 1140. The van der Waals surface area contributed by atoms with Gasteiger partial charge in [-0.2, -0.15) is 13.8 Å². The molecule has 10 heteroatoms. The standard InChI is InChI=1S/C25H28BrF3N4O2/c1-22(28,29)20-30-19(32-35-20)24-7-4-23(5-8-24,6-9-24)14-33(16-2-3-18(27)17(26)10-16)21(34)31-25-11-15(12-25)13-25/h2-3,10,15H,4-9,11-14H2,1H3,(H,31,34). The number of aromatic nitrogens is 2. The molecule has 188 valence electrons. The van der Waals surface area contributed by atoms with Crippen LogP contribution in [0.2, 0.25) is 0 Å². The monoisotopic (exact) mass is 552 g/mol. The van der Waals surface area contributed by atoms with E-state index < -0.39 is 11.8 Å². The number of carbonyl (C=O) groups excluding carboxylic acids is 1.